The van der Waals surface area contributed by atoms with Gasteiger partial charge in [0.25, 0.3) is 5.56 Å². The van der Waals surface area contributed by atoms with Crippen LogP contribution in [0.5, 0.6) is 0 Å². The van der Waals surface area contributed by atoms with Gasteiger partial charge in [-0.3, -0.25) is 13.9 Å². The topological polar surface area (TPSA) is 108 Å². The highest BCUT2D eigenvalue weighted by Gasteiger charge is 2.17. The van der Waals surface area contributed by atoms with Crippen LogP contribution < -0.4 is 11.2 Å². The Morgan fingerprint density at radius 3 is 2.56 bits per heavy atom. The van der Waals surface area contributed by atoms with Crippen LogP contribution in [-0.2, 0) is 28.7 Å². The second kappa shape index (κ2) is 9.03. The van der Waals surface area contributed by atoms with Gasteiger partial charge in [0.05, 0.1) is 6.33 Å². The Hall–Kier alpha value is -1.83. The van der Waals surface area contributed by atoms with Crippen molar-refractivity contribution in [2.24, 2.45) is 0 Å². The molecule has 25 heavy (non-hydrogen) atoms. The Labute approximate surface area is 145 Å². The molecule has 0 saturated heterocycles. The fourth-order valence-electron chi connectivity index (χ4n) is 2.82. The van der Waals surface area contributed by atoms with Gasteiger partial charge < -0.3 is 4.57 Å². The molecule has 0 spiro atoms. The summed E-state index contributed by atoms with van der Waals surface area (Å²) in [7, 11) is -2.57. The van der Waals surface area contributed by atoms with Crippen molar-refractivity contribution in [3.8, 4) is 0 Å². The third-order valence-corrected chi connectivity index (χ3v) is 4.40. The second-order valence-corrected chi connectivity index (χ2v) is 6.46. The summed E-state index contributed by atoms with van der Waals surface area (Å²) in [6.45, 7) is 5.46. The lowest BCUT2D eigenvalue weighted by Gasteiger charge is -2.11. The van der Waals surface area contributed by atoms with E-state index in [0.29, 0.717) is 50.1 Å². The maximum Gasteiger partial charge on any atom is 0.694 e. The molecule has 0 aromatic carbocycles. The lowest BCUT2D eigenvalue weighted by molar-refractivity contribution is 0.273. The molecule has 138 valence electrons. The number of hydrogen-bond donors (Lipinski definition) is 1. The van der Waals surface area contributed by atoms with Crippen molar-refractivity contribution >= 4 is 19.4 Å². The minimum absolute atomic E-state index is 0.183. The molecular formula is C15H24N4O5P+. The summed E-state index contributed by atoms with van der Waals surface area (Å²) < 4.78 is 19.6. The number of aromatic nitrogens is 4. The highest BCUT2D eigenvalue weighted by atomic mass is 31.1. The monoisotopic (exact) mass is 371 g/mol. The van der Waals surface area contributed by atoms with Gasteiger partial charge >= 0.3 is 13.9 Å². The first kappa shape index (κ1) is 19.5. The predicted molar refractivity (Wildman–Crippen MR) is 93.8 cm³/mol. The van der Waals surface area contributed by atoms with Crippen LogP contribution in [0.3, 0.4) is 0 Å². The SMILES string of the molecule is CCCn1cnc2c1c(=O)n(CCCCCO[P+](=O)O)c(=O)n2CC. The largest absolute Gasteiger partial charge is 0.694 e. The molecule has 2 aromatic rings. The molecular weight excluding hydrogens is 347 g/mol. The number of aryl methyl sites for hydroxylation is 2. The Balaban J connectivity index is 2.24. The zero-order valence-corrected chi connectivity index (χ0v) is 15.4. The number of nitrogens with zero attached hydrogens (tertiary/aromatic N) is 4. The van der Waals surface area contributed by atoms with E-state index >= 15 is 0 Å². The van der Waals surface area contributed by atoms with Gasteiger partial charge in [-0.15, -0.1) is 9.42 Å². The zero-order valence-electron chi connectivity index (χ0n) is 14.6. The minimum Gasteiger partial charge on any atom is -0.325 e. The molecule has 0 bridgehead atoms. The average Bonchev–Trinajstić information content (AvgIpc) is 2.97. The van der Waals surface area contributed by atoms with Gasteiger partial charge in [-0.05, 0) is 32.6 Å². The smallest absolute Gasteiger partial charge is 0.325 e. The van der Waals surface area contributed by atoms with Gasteiger partial charge in [0.2, 0.25) is 0 Å². The molecule has 0 amide bonds. The fraction of sp³-hybridized carbons (Fsp3) is 0.667. The summed E-state index contributed by atoms with van der Waals surface area (Å²) in [4.78, 5) is 38.2. The van der Waals surface area contributed by atoms with Crippen LogP contribution in [0.25, 0.3) is 11.2 Å². The van der Waals surface area contributed by atoms with E-state index in [1.54, 1.807) is 10.9 Å². The van der Waals surface area contributed by atoms with Gasteiger partial charge in [0.15, 0.2) is 11.2 Å². The zero-order chi connectivity index (χ0) is 18.4. The molecule has 0 fully saturated rings. The summed E-state index contributed by atoms with van der Waals surface area (Å²) in [6, 6.07) is 0. The van der Waals surface area contributed by atoms with Crippen LogP contribution in [0.15, 0.2) is 15.9 Å². The summed E-state index contributed by atoms with van der Waals surface area (Å²) in [6.07, 6.45) is 4.36. The summed E-state index contributed by atoms with van der Waals surface area (Å²) >= 11 is 0. The Morgan fingerprint density at radius 2 is 1.92 bits per heavy atom. The highest BCUT2D eigenvalue weighted by molar-refractivity contribution is 7.32. The van der Waals surface area contributed by atoms with E-state index in [4.69, 9.17) is 4.89 Å². The minimum atomic E-state index is -2.57. The molecule has 10 heteroatoms. The molecule has 1 N–H and O–H groups in total. The van der Waals surface area contributed by atoms with E-state index < -0.39 is 8.25 Å². The van der Waals surface area contributed by atoms with Crippen LogP contribution >= 0.6 is 8.25 Å². The quantitative estimate of drug-likeness (QED) is 0.502. The fourth-order valence-corrected chi connectivity index (χ4v) is 3.11. The molecule has 2 aromatic heterocycles. The first-order chi connectivity index (χ1) is 12.0. The number of fused-ring (bicyclic) bond motifs is 1. The van der Waals surface area contributed by atoms with Gasteiger partial charge in [-0.25, -0.2) is 9.78 Å². The number of imidazole rings is 1. The molecule has 0 aliphatic heterocycles. The van der Waals surface area contributed by atoms with E-state index in [-0.39, 0.29) is 17.9 Å². The summed E-state index contributed by atoms with van der Waals surface area (Å²) in [5.41, 5.74) is 0.230. The lowest BCUT2D eigenvalue weighted by atomic mass is 10.2. The van der Waals surface area contributed by atoms with Crippen molar-refractivity contribution in [3.63, 3.8) is 0 Å². The highest BCUT2D eigenvalue weighted by Crippen LogP contribution is 2.15. The number of rotatable bonds is 10. The van der Waals surface area contributed by atoms with Crippen molar-refractivity contribution < 1.29 is 14.0 Å². The Bertz CT molecular complexity index is 854. The Morgan fingerprint density at radius 1 is 1.16 bits per heavy atom. The molecule has 0 aliphatic rings. The third-order valence-electron chi connectivity index (χ3n) is 3.99. The molecule has 0 saturated carbocycles. The average molecular weight is 371 g/mol. The standard InChI is InChI=1S/C15H23N4O5P/c1-3-8-17-11-16-13-12(17)14(20)19(15(21)18(13)4-2)9-6-5-7-10-24-25(22)23/h11H,3-10H2,1-2H3/p+1. The first-order valence-corrected chi connectivity index (χ1v) is 9.61. The van der Waals surface area contributed by atoms with Crippen LogP contribution in [0.4, 0.5) is 0 Å². The summed E-state index contributed by atoms with van der Waals surface area (Å²) in [5.74, 6) is 0. The van der Waals surface area contributed by atoms with Gasteiger partial charge in [-0.2, -0.15) is 0 Å². The molecule has 2 rings (SSSR count). The van der Waals surface area contributed by atoms with E-state index in [0.717, 1.165) is 6.42 Å². The molecule has 0 aliphatic carbocycles. The molecule has 0 radical (unpaired) electrons. The molecule has 9 nitrogen and oxygen atoms in total. The van der Waals surface area contributed by atoms with Crippen molar-refractivity contribution in [2.75, 3.05) is 6.61 Å². The van der Waals surface area contributed by atoms with E-state index in [2.05, 4.69) is 9.51 Å². The Kier molecular flexibility index (Phi) is 7.04. The molecule has 2 heterocycles. The first-order valence-electron chi connectivity index (χ1n) is 8.48. The van der Waals surface area contributed by atoms with E-state index in [1.165, 1.54) is 9.13 Å². The maximum absolute atomic E-state index is 12.8. The normalized spacial score (nSPS) is 12.0. The van der Waals surface area contributed by atoms with Gasteiger partial charge in [0, 0.05) is 24.2 Å². The van der Waals surface area contributed by atoms with Crippen molar-refractivity contribution in [2.45, 2.75) is 59.2 Å². The van der Waals surface area contributed by atoms with Crippen LogP contribution in [-0.4, -0.2) is 30.2 Å². The predicted octanol–water partition coefficient (Wildman–Crippen LogP) is 1.63. The second-order valence-electron chi connectivity index (χ2n) is 5.73. The van der Waals surface area contributed by atoms with Crippen LogP contribution in [0.1, 0.15) is 39.5 Å². The number of hydrogen-bond acceptors (Lipinski definition) is 5. The van der Waals surface area contributed by atoms with Crippen LogP contribution in [0, 0.1) is 0 Å². The van der Waals surface area contributed by atoms with Crippen molar-refractivity contribution in [1.82, 2.24) is 18.7 Å². The van der Waals surface area contributed by atoms with Gasteiger partial charge in [0.1, 0.15) is 6.61 Å². The maximum atomic E-state index is 12.8. The van der Waals surface area contributed by atoms with Gasteiger partial charge in [-0.1, -0.05) is 6.92 Å². The third kappa shape index (κ3) is 4.42. The van der Waals surface area contributed by atoms with E-state index in [9.17, 15) is 14.2 Å². The van der Waals surface area contributed by atoms with E-state index in [1.807, 2.05) is 13.8 Å². The lowest BCUT2D eigenvalue weighted by Crippen LogP contribution is -2.40. The number of unbranched alkanes of at least 4 members (excludes halogenated alkanes) is 2. The van der Waals surface area contributed by atoms with Crippen molar-refractivity contribution in [1.29, 1.82) is 0 Å². The van der Waals surface area contributed by atoms with Crippen molar-refractivity contribution in [3.05, 3.63) is 27.2 Å². The summed E-state index contributed by atoms with van der Waals surface area (Å²) in [5, 5.41) is 0. The molecule has 1 atom stereocenters. The molecule has 1 unspecified atom stereocenters. The van der Waals surface area contributed by atoms with Crippen LogP contribution in [0.2, 0.25) is 0 Å².